The molecule has 0 radical (unpaired) electrons. The van der Waals surface area contributed by atoms with Crippen LogP contribution in [0.2, 0.25) is 0 Å². The zero-order valence-corrected chi connectivity index (χ0v) is 12.3. The number of aromatic nitrogens is 1. The summed E-state index contributed by atoms with van der Waals surface area (Å²) in [5.74, 6) is 0.556. The first-order chi connectivity index (χ1) is 8.88. The van der Waals surface area contributed by atoms with Gasteiger partial charge in [-0.25, -0.2) is 9.37 Å². The van der Waals surface area contributed by atoms with Crippen molar-refractivity contribution in [1.29, 1.82) is 0 Å². The lowest BCUT2D eigenvalue weighted by atomic mass is 10.1. The number of benzene rings is 1. The molecule has 0 aliphatic rings. The second-order valence-electron chi connectivity index (χ2n) is 4.65. The van der Waals surface area contributed by atoms with Gasteiger partial charge in [-0.05, 0) is 62.7 Å². The highest BCUT2D eigenvalue weighted by Crippen LogP contribution is 2.34. The molecule has 2 aromatic rings. The van der Waals surface area contributed by atoms with Crippen LogP contribution in [0.15, 0.2) is 26.7 Å². The molecular formula is C14H17FN2OS. The molecule has 0 bridgehead atoms. The van der Waals surface area contributed by atoms with E-state index in [-0.39, 0.29) is 11.9 Å². The van der Waals surface area contributed by atoms with E-state index in [1.165, 1.54) is 17.8 Å². The zero-order valence-electron chi connectivity index (χ0n) is 11.5. The Morgan fingerprint density at radius 1 is 1.32 bits per heavy atom. The first kappa shape index (κ1) is 14.1. The molecule has 2 N–H and O–H groups in total. The average molecular weight is 280 g/mol. The van der Waals surface area contributed by atoms with Gasteiger partial charge in [-0.2, -0.15) is 0 Å². The van der Waals surface area contributed by atoms with Crippen molar-refractivity contribution in [3.63, 3.8) is 0 Å². The summed E-state index contributed by atoms with van der Waals surface area (Å²) in [4.78, 5) is 5.20. The SMILES string of the molecule is Cc1cc(Sc2nc(C)c(C)o2)c([C@@H](C)N)cc1F. The van der Waals surface area contributed by atoms with Crippen LogP contribution in [0, 0.1) is 26.6 Å². The minimum atomic E-state index is -0.241. The van der Waals surface area contributed by atoms with Gasteiger partial charge in [0.15, 0.2) is 0 Å². The van der Waals surface area contributed by atoms with E-state index < -0.39 is 0 Å². The fourth-order valence-electron chi connectivity index (χ4n) is 1.70. The van der Waals surface area contributed by atoms with Crippen molar-refractivity contribution < 1.29 is 8.81 Å². The molecule has 0 saturated carbocycles. The fourth-order valence-corrected chi connectivity index (χ4v) is 2.83. The maximum absolute atomic E-state index is 13.6. The first-order valence-corrected chi connectivity index (χ1v) is 6.87. The number of aryl methyl sites for hydroxylation is 3. The van der Waals surface area contributed by atoms with Crippen molar-refractivity contribution in [3.05, 3.63) is 40.5 Å². The van der Waals surface area contributed by atoms with Crippen LogP contribution < -0.4 is 5.73 Å². The number of nitrogens with two attached hydrogens (primary N) is 1. The molecule has 0 unspecified atom stereocenters. The second-order valence-corrected chi connectivity index (χ2v) is 5.64. The number of hydrogen-bond donors (Lipinski definition) is 1. The smallest absolute Gasteiger partial charge is 0.261 e. The summed E-state index contributed by atoms with van der Waals surface area (Å²) >= 11 is 1.38. The van der Waals surface area contributed by atoms with Crippen LogP contribution in [0.3, 0.4) is 0 Å². The standard InChI is InChI=1S/C14H17FN2OS/c1-7-5-13(11(8(2)16)6-12(7)15)19-14-17-9(3)10(4)18-14/h5-6,8H,16H2,1-4H3/t8-/m1/s1. The molecule has 5 heteroatoms. The number of nitrogens with zero attached hydrogens (tertiary/aromatic N) is 1. The summed E-state index contributed by atoms with van der Waals surface area (Å²) in [7, 11) is 0. The molecule has 0 spiro atoms. The largest absolute Gasteiger partial charge is 0.436 e. The Morgan fingerprint density at radius 2 is 2.00 bits per heavy atom. The van der Waals surface area contributed by atoms with Gasteiger partial charge in [0.1, 0.15) is 11.6 Å². The molecule has 0 aliphatic carbocycles. The normalized spacial score (nSPS) is 12.7. The predicted molar refractivity (Wildman–Crippen MR) is 73.8 cm³/mol. The van der Waals surface area contributed by atoms with Crippen molar-refractivity contribution in [1.82, 2.24) is 4.98 Å². The van der Waals surface area contributed by atoms with E-state index >= 15 is 0 Å². The van der Waals surface area contributed by atoms with Gasteiger partial charge in [-0.3, -0.25) is 0 Å². The molecule has 19 heavy (non-hydrogen) atoms. The molecule has 1 aromatic heterocycles. The number of oxazole rings is 1. The van der Waals surface area contributed by atoms with E-state index in [0.29, 0.717) is 10.8 Å². The van der Waals surface area contributed by atoms with Gasteiger partial charge >= 0.3 is 0 Å². The van der Waals surface area contributed by atoms with Crippen molar-refractivity contribution in [2.45, 2.75) is 43.9 Å². The van der Waals surface area contributed by atoms with Gasteiger partial charge in [-0.1, -0.05) is 0 Å². The molecule has 0 amide bonds. The highest BCUT2D eigenvalue weighted by molar-refractivity contribution is 7.99. The van der Waals surface area contributed by atoms with E-state index in [9.17, 15) is 4.39 Å². The number of hydrogen-bond acceptors (Lipinski definition) is 4. The lowest BCUT2D eigenvalue weighted by molar-refractivity contribution is 0.431. The molecule has 1 aromatic carbocycles. The van der Waals surface area contributed by atoms with Crippen LogP contribution in [0.25, 0.3) is 0 Å². The maximum Gasteiger partial charge on any atom is 0.261 e. The van der Waals surface area contributed by atoms with Gasteiger partial charge in [0.05, 0.1) is 5.69 Å². The van der Waals surface area contributed by atoms with Crippen LogP contribution in [-0.2, 0) is 0 Å². The highest BCUT2D eigenvalue weighted by atomic mass is 32.2. The zero-order chi connectivity index (χ0) is 14.2. The van der Waals surface area contributed by atoms with Crippen LogP contribution in [0.1, 0.15) is 35.5 Å². The van der Waals surface area contributed by atoms with Crippen LogP contribution >= 0.6 is 11.8 Å². The molecule has 2 rings (SSSR count). The Balaban J connectivity index is 2.41. The van der Waals surface area contributed by atoms with E-state index in [1.807, 2.05) is 20.8 Å². The summed E-state index contributed by atoms with van der Waals surface area (Å²) in [5, 5.41) is 0.558. The summed E-state index contributed by atoms with van der Waals surface area (Å²) in [6, 6.07) is 3.04. The van der Waals surface area contributed by atoms with Crippen molar-refractivity contribution in [2.24, 2.45) is 5.73 Å². The molecule has 1 heterocycles. The van der Waals surface area contributed by atoms with Gasteiger partial charge < -0.3 is 10.2 Å². The van der Waals surface area contributed by atoms with E-state index in [1.54, 1.807) is 13.0 Å². The Bertz CT molecular complexity index is 588. The highest BCUT2D eigenvalue weighted by Gasteiger charge is 2.15. The maximum atomic E-state index is 13.6. The predicted octanol–water partition coefficient (Wildman–Crippen LogP) is 3.91. The third-order valence-electron chi connectivity index (χ3n) is 2.99. The minimum absolute atomic E-state index is 0.239. The Morgan fingerprint density at radius 3 is 2.53 bits per heavy atom. The number of rotatable bonds is 3. The van der Waals surface area contributed by atoms with Crippen molar-refractivity contribution in [3.8, 4) is 0 Å². The summed E-state index contributed by atoms with van der Waals surface area (Å²) < 4.78 is 19.2. The molecule has 3 nitrogen and oxygen atoms in total. The third-order valence-corrected chi connectivity index (χ3v) is 3.91. The molecule has 0 fully saturated rings. The average Bonchev–Trinajstić information content (AvgIpc) is 2.62. The van der Waals surface area contributed by atoms with Crippen LogP contribution in [-0.4, -0.2) is 4.98 Å². The van der Waals surface area contributed by atoms with Crippen LogP contribution in [0.4, 0.5) is 4.39 Å². The van der Waals surface area contributed by atoms with Gasteiger partial charge in [0.2, 0.25) is 0 Å². The Hall–Kier alpha value is -1.33. The molecule has 0 aliphatic heterocycles. The van der Waals surface area contributed by atoms with Crippen LogP contribution in [0.5, 0.6) is 0 Å². The van der Waals surface area contributed by atoms with E-state index in [2.05, 4.69) is 4.98 Å². The van der Waals surface area contributed by atoms with Crippen molar-refractivity contribution in [2.75, 3.05) is 0 Å². The summed E-state index contributed by atoms with van der Waals surface area (Å²) in [6.45, 7) is 7.33. The monoisotopic (exact) mass is 280 g/mol. The minimum Gasteiger partial charge on any atom is -0.436 e. The lowest BCUT2D eigenvalue weighted by Crippen LogP contribution is -2.07. The topological polar surface area (TPSA) is 52.0 Å². The molecule has 1 atom stereocenters. The van der Waals surface area contributed by atoms with E-state index in [4.69, 9.17) is 10.2 Å². The van der Waals surface area contributed by atoms with Crippen molar-refractivity contribution >= 4 is 11.8 Å². The molecule has 0 saturated heterocycles. The summed E-state index contributed by atoms with van der Waals surface area (Å²) in [5.41, 5.74) is 8.11. The van der Waals surface area contributed by atoms with Gasteiger partial charge in [0.25, 0.3) is 5.22 Å². The third kappa shape index (κ3) is 2.98. The quantitative estimate of drug-likeness (QED) is 0.926. The fraction of sp³-hybridized carbons (Fsp3) is 0.357. The Kier molecular flexibility index (Phi) is 3.96. The van der Waals surface area contributed by atoms with E-state index in [0.717, 1.165) is 21.9 Å². The Labute approximate surface area is 116 Å². The first-order valence-electron chi connectivity index (χ1n) is 6.06. The molecule has 102 valence electrons. The lowest BCUT2D eigenvalue weighted by Gasteiger charge is -2.12. The molecular weight excluding hydrogens is 263 g/mol. The number of halogens is 1. The van der Waals surface area contributed by atoms with Gasteiger partial charge in [0, 0.05) is 10.9 Å². The second kappa shape index (κ2) is 5.35. The summed E-state index contributed by atoms with van der Waals surface area (Å²) in [6.07, 6.45) is 0. The van der Waals surface area contributed by atoms with Gasteiger partial charge in [-0.15, -0.1) is 0 Å².